The quantitative estimate of drug-likeness (QED) is 0.0272. The molecule has 388 valence electrons. The number of aliphatic hydroxyl groups excluding tert-OH is 1. The minimum absolute atomic E-state index is 0.00238. The fourth-order valence-corrected chi connectivity index (χ4v) is 9.47. The summed E-state index contributed by atoms with van der Waals surface area (Å²) in [5, 5.41) is 13.8. The summed E-state index contributed by atoms with van der Waals surface area (Å²) in [7, 11) is 1.28. The van der Waals surface area contributed by atoms with Crippen molar-refractivity contribution in [3.05, 3.63) is 12.2 Å². The van der Waals surface area contributed by atoms with E-state index in [4.69, 9.17) is 9.05 Å². The van der Waals surface area contributed by atoms with E-state index in [2.05, 4.69) is 19.2 Å². The molecule has 65 heavy (non-hydrogen) atoms. The van der Waals surface area contributed by atoms with Gasteiger partial charge in [-0.2, -0.15) is 0 Å². The maximum atomic E-state index is 12.9. The first-order valence-electron chi connectivity index (χ1n) is 28.6. The van der Waals surface area contributed by atoms with Gasteiger partial charge in [-0.3, -0.25) is 9.36 Å². The van der Waals surface area contributed by atoms with Gasteiger partial charge < -0.3 is 28.8 Å². The van der Waals surface area contributed by atoms with Crippen LogP contribution in [0.5, 0.6) is 0 Å². The number of carbonyl (C=O) groups is 1. The lowest BCUT2D eigenvalue weighted by Gasteiger charge is -2.29. The van der Waals surface area contributed by atoms with Crippen LogP contribution in [-0.2, 0) is 18.4 Å². The first-order chi connectivity index (χ1) is 31.5. The van der Waals surface area contributed by atoms with Crippen LogP contribution in [0.4, 0.5) is 0 Å². The lowest BCUT2D eigenvalue weighted by Crippen LogP contribution is -2.45. The molecule has 1 amide bonds. The van der Waals surface area contributed by atoms with Crippen molar-refractivity contribution in [3.8, 4) is 0 Å². The Hall–Kier alpha value is -0.760. The van der Waals surface area contributed by atoms with Crippen LogP contribution in [0.25, 0.3) is 0 Å². The summed E-state index contributed by atoms with van der Waals surface area (Å²) < 4.78 is 23.3. The fourth-order valence-electron chi connectivity index (χ4n) is 8.74. The second-order valence-corrected chi connectivity index (χ2v) is 22.4. The highest BCUT2D eigenvalue weighted by atomic mass is 31.2. The number of phosphoric acid groups is 1. The number of hydrogen-bond donors (Lipinski definition) is 2. The number of allylic oxidation sites excluding steroid dienone is 1. The third-order valence-electron chi connectivity index (χ3n) is 13.2. The molecule has 3 unspecified atom stereocenters. The number of nitrogens with zero attached hydrogens (tertiary/aromatic N) is 1. The predicted molar refractivity (Wildman–Crippen MR) is 279 cm³/mol. The number of amides is 1. The Morgan fingerprint density at radius 3 is 1.15 bits per heavy atom. The van der Waals surface area contributed by atoms with Gasteiger partial charge in [0.1, 0.15) is 13.2 Å². The number of carbonyl (C=O) groups excluding carboxylic acids is 1. The summed E-state index contributed by atoms with van der Waals surface area (Å²) >= 11 is 0. The molecule has 0 aromatic carbocycles. The van der Waals surface area contributed by atoms with E-state index >= 15 is 0 Å². The van der Waals surface area contributed by atoms with Crippen LogP contribution in [0.3, 0.4) is 0 Å². The van der Waals surface area contributed by atoms with E-state index < -0.39 is 20.0 Å². The van der Waals surface area contributed by atoms with Crippen molar-refractivity contribution < 1.29 is 32.9 Å². The van der Waals surface area contributed by atoms with Crippen LogP contribution in [0.1, 0.15) is 290 Å². The Bertz CT molecular complexity index is 1070. The average Bonchev–Trinajstić information content (AvgIpc) is 3.26. The van der Waals surface area contributed by atoms with E-state index in [1.807, 2.05) is 27.2 Å². The van der Waals surface area contributed by atoms with Gasteiger partial charge in [-0.05, 0) is 19.3 Å². The maximum Gasteiger partial charge on any atom is 0.268 e. The molecule has 0 aromatic rings. The van der Waals surface area contributed by atoms with E-state index in [-0.39, 0.29) is 19.1 Å². The molecule has 0 fully saturated rings. The summed E-state index contributed by atoms with van der Waals surface area (Å²) in [5.41, 5.74) is 0. The highest BCUT2D eigenvalue weighted by molar-refractivity contribution is 7.45. The lowest BCUT2D eigenvalue weighted by atomic mass is 10.0. The Kier molecular flexibility index (Phi) is 47.7. The Morgan fingerprint density at radius 1 is 0.523 bits per heavy atom. The normalized spacial score (nSPS) is 14.0. The van der Waals surface area contributed by atoms with Crippen LogP contribution in [0, 0.1) is 0 Å². The minimum atomic E-state index is -4.59. The Balaban J connectivity index is 4.01. The summed E-state index contributed by atoms with van der Waals surface area (Å²) in [6.45, 7) is 4.68. The molecule has 0 heterocycles. The molecule has 9 heteroatoms. The number of aliphatic hydroxyl groups is 1. The molecular weight excluding hydrogens is 828 g/mol. The molecular formula is C56H113N2O6P. The highest BCUT2D eigenvalue weighted by Gasteiger charge is 2.23. The van der Waals surface area contributed by atoms with Gasteiger partial charge in [-0.15, -0.1) is 0 Å². The molecule has 0 radical (unpaired) electrons. The van der Waals surface area contributed by atoms with E-state index in [1.165, 1.54) is 231 Å². The zero-order chi connectivity index (χ0) is 47.8. The number of nitrogens with one attached hydrogen (secondary N) is 1. The van der Waals surface area contributed by atoms with Crippen LogP contribution in [0.15, 0.2) is 12.2 Å². The number of hydrogen-bond acceptors (Lipinski definition) is 6. The van der Waals surface area contributed by atoms with Gasteiger partial charge in [0.2, 0.25) is 5.91 Å². The average molecular weight is 942 g/mol. The largest absolute Gasteiger partial charge is 0.756 e. The van der Waals surface area contributed by atoms with Gasteiger partial charge in [0.25, 0.3) is 7.82 Å². The molecule has 0 aliphatic heterocycles. The van der Waals surface area contributed by atoms with E-state index in [0.717, 1.165) is 38.5 Å². The third-order valence-corrected chi connectivity index (χ3v) is 14.2. The molecule has 0 aliphatic rings. The van der Waals surface area contributed by atoms with Crippen molar-refractivity contribution in [2.45, 2.75) is 302 Å². The second-order valence-electron chi connectivity index (χ2n) is 21.0. The number of rotatable bonds is 53. The van der Waals surface area contributed by atoms with Crippen molar-refractivity contribution in [2.75, 3.05) is 40.9 Å². The highest BCUT2D eigenvalue weighted by Crippen LogP contribution is 2.38. The first-order valence-corrected chi connectivity index (χ1v) is 30.0. The van der Waals surface area contributed by atoms with Crippen molar-refractivity contribution in [1.82, 2.24) is 5.32 Å². The van der Waals surface area contributed by atoms with Crippen LogP contribution < -0.4 is 10.2 Å². The van der Waals surface area contributed by atoms with Gasteiger partial charge in [0.05, 0.1) is 39.9 Å². The second kappa shape index (κ2) is 48.3. The van der Waals surface area contributed by atoms with Crippen molar-refractivity contribution in [1.29, 1.82) is 0 Å². The first kappa shape index (κ1) is 64.2. The van der Waals surface area contributed by atoms with Crippen LogP contribution in [0.2, 0.25) is 0 Å². The summed E-state index contributed by atoms with van der Waals surface area (Å²) in [6, 6.07) is -0.881. The Labute approximate surface area is 405 Å². The van der Waals surface area contributed by atoms with Crippen molar-refractivity contribution in [3.63, 3.8) is 0 Å². The van der Waals surface area contributed by atoms with Crippen molar-refractivity contribution in [2.24, 2.45) is 0 Å². The SMILES string of the molecule is CCCCCCCCCCCCC/C=C/C(O)C(COP(=O)([O-])OCC[N+](C)(C)C)NC(=O)CCCCCCCCCCCCCCCCCCCCCCCCCCCCCCCC. The van der Waals surface area contributed by atoms with Gasteiger partial charge in [-0.1, -0.05) is 276 Å². The van der Waals surface area contributed by atoms with E-state index in [9.17, 15) is 19.4 Å². The smallest absolute Gasteiger partial charge is 0.268 e. The molecule has 0 aliphatic carbocycles. The van der Waals surface area contributed by atoms with E-state index in [0.29, 0.717) is 17.4 Å². The summed E-state index contributed by atoms with van der Waals surface area (Å²) in [4.78, 5) is 25.4. The molecule has 0 rings (SSSR count). The number of phosphoric ester groups is 1. The molecule has 0 saturated heterocycles. The van der Waals surface area contributed by atoms with Gasteiger partial charge in [-0.25, -0.2) is 0 Å². The standard InChI is InChI=1S/C56H113N2O6P/c1-6-8-10-12-14-16-18-20-21-22-23-24-25-26-27-28-29-30-31-32-33-34-35-36-38-40-42-44-46-48-50-56(60)57-54(53-64-65(61,62)63-52-51-58(3,4)5)55(59)49-47-45-43-41-39-37-19-17-15-13-11-9-7-2/h47,49,54-55,59H,6-46,48,50-53H2,1-5H3,(H-,57,60,61,62)/b49-47+. The van der Waals surface area contributed by atoms with Crippen LogP contribution in [-0.4, -0.2) is 68.5 Å². The predicted octanol–water partition coefficient (Wildman–Crippen LogP) is 16.4. The molecule has 8 nitrogen and oxygen atoms in total. The third kappa shape index (κ3) is 50.9. The fraction of sp³-hybridized carbons (Fsp3) is 0.946. The monoisotopic (exact) mass is 941 g/mol. The van der Waals surface area contributed by atoms with Crippen molar-refractivity contribution >= 4 is 13.7 Å². The maximum absolute atomic E-state index is 12.9. The zero-order valence-corrected chi connectivity index (χ0v) is 45.1. The van der Waals surface area contributed by atoms with Gasteiger partial charge >= 0.3 is 0 Å². The molecule has 0 bridgehead atoms. The van der Waals surface area contributed by atoms with E-state index in [1.54, 1.807) is 6.08 Å². The van der Waals surface area contributed by atoms with Crippen LogP contribution >= 0.6 is 7.82 Å². The molecule has 0 saturated carbocycles. The Morgan fingerprint density at radius 2 is 0.831 bits per heavy atom. The lowest BCUT2D eigenvalue weighted by molar-refractivity contribution is -0.870. The molecule has 0 aromatic heterocycles. The number of unbranched alkanes of at least 4 members (excludes halogenated alkanes) is 40. The minimum Gasteiger partial charge on any atom is -0.756 e. The number of quaternary nitrogens is 1. The summed E-state index contributed by atoms with van der Waals surface area (Å²) in [5.74, 6) is -0.191. The summed E-state index contributed by atoms with van der Waals surface area (Å²) in [6.07, 6.45) is 58.7. The number of likely N-dealkylation sites (N-methyl/N-ethyl adjacent to an activating group) is 1. The topological polar surface area (TPSA) is 108 Å². The van der Waals surface area contributed by atoms with Gasteiger partial charge in [0.15, 0.2) is 0 Å². The molecule has 3 atom stereocenters. The molecule has 2 N–H and O–H groups in total. The zero-order valence-electron chi connectivity index (χ0n) is 44.2. The molecule has 0 spiro atoms. The van der Waals surface area contributed by atoms with Gasteiger partial charge in [0, 0.05) is 6.42 Å².